The van der Waals surface area contributed by atoms with Gasteiger partial charge in [-0.2, -0.15) is 0 Å². The van der Waals surface area contributed by atoms with Crippen molar-refractivity contribution < 1.29 is 14.6 Å². The van der Waals surface area contributed by atoms with E-state index in [-0.39, 0.29) is 18.1 Å². The Balaban J connectivity index is 2.39. The summed E-state index contributed by atoms with van der Waals surface area (Å²) in [7, 11) is 0. The fourth-order valence-corrected chi connectivity index (χ4v) is 1.01. The summed E-state index contributed by atoms with van der Waals surface area (Å²) in [6.45, 7) is 5.96. The maximum atomic E-state index is 8.83. The molecule has 0 bridgehead atoms. The van der Waals surface area contributed by atoms with E-state index >= 15 is 0 Å². The molecule has 1 fully saturated rings. The molecule has 1 heterocycles. The zero-order chi connectivity index (χ0) is 8.32. The van der Waals surface area contributed by atoms with E-state index in [2.05, 4.69) is 0 Å². The number of aliphatic hydroxyl groups is 1. The van der Waals surface area contributed by atoms with Crippen LogP contribution in [0.4, 0.5) is 0 Å². The molecule has 0 spiro atoms. The van der Waals surface area contributed by atoms with Crippen molar-refractivity contribution in [2.45, 2.75) is 19.4 Å². The van der Waals surface area contributed by atoms with E-state index in [1.165, 1.54) is 0 Å². The van der Waals surface area contributed by atoms with E-state index in [0.717, 1.165) is 0 Å². The van der Waals surface area contributed by atoms with Crippen LogP contribution in [0, 0.1) is 5.92 Å². The predicted octanol–water partition coefficient (Wildman–Crippen LogP) is 0.420. The van der Waals surface area contributed by atoms with Gasteiger partial charge in [0.1, 0.15) is 0 Å². The lowest BCUT2D eigenvalue weighted by Crippen LogP contribution is -2.29. The third-order valence-electron chi connectivity index (χ3n) is 1.77. The molecule has 0 radical (unpaired) electrons. The maximum Gasteiger partial charge on any atom is 0.0859 e. The van der Waals surface area contributed by atoms with Gasteiger partial charge in [-0.1, -0.05) is 0 Å². The van der Waals surface area contributed by atoms with E-state index in [0.29, 0.717) is 19.8 Å². The second-order valence-corrected chi connectivity index (χ2v) is 3.63. The molecule has 1 atom stereocenters. The molecule has 1 aliphatic heterocycles. The van der Waals surface area contributed by atoms with Crippen molar-refractivity contribution in [3.05, 3.63) is 0 Å². The molecule has 3 heteroatoms. The van der Waals surface area contributed by atoms with Crippen molar-refractivity contribution in [3.8, 4) is 0 Å². The van der Waals surface area contributed by atoms with Gasteiger partial charge < -0.3 is 14.6 Å². The highest BCUT2D eigenvalue weighted by atomic mass is 16.6. The number of aliphatic hydroxyl groups excluding tert-OH is 1. The summed E-state index contributed by atoms with van der Waals surface area (Å²) in [5.41, 5.74) is -0.191. The Labute approximate surface area is 67.3 Å². The molecule has 1 unspecified atom stereocenters. The largest absolute Gasteiger partial charge is 0.396 e. The summed E-state index contributed by atoms with van der Waals surface area (Å²) >= 11 is 0. The Hall–Kier alpha value is -0.120. The second-order valence-electron chi connectivity index (χ2n) is 3.63. The first-order valence-corrected chi connectivity index (χ1v) is 3.96. The summed E-state index contributed by atoms with van der Waals surface area (Å²) in [4.78, 5) is 0. The molecule has 0 aliphatic carbocycles. The van der Waals surface area contributed by atoms with Crippen LogP contribution in [0.15, 0.2) is 0 Å². The van der Waals surface area contributed by atoms with Gasteiger partial charge in [0.25, 0.3) is 0 Å². The lowest BCUT2D eigenvalue weighted by Gasteiger charge is -2.21. The van der Waals surface area contributed by atoms with Gasteiger partial charge >= 0.3 is 0 Å². The Morgan fingerprint density at radius 2 is 2.18 bits per heavy atom. The summed E-state index contributed by atoms with van der Waals surface area (Å²) in [5, 5.41) is 8.83. The van der Waals surface area contributed by atoms with Crippen molar-refractivity contribution in [3.63, 3.8) is 0 Å². The van der Waals surface area contributed by atoms with Crippen LogP contribution in [0.2, 0.25) is 0 Å². The van der Waals surface area contributed by atoms with Gasteiger partial charge in [-0.15, -0.1) is 0 Å². The molecule has 1 N–H and O–H groups in total. The maximum absolute atomic E-state index is 8.83. The average Bonchev–Trinajstić information content (AvgIpc) is 2.10. The third kappa shape index (κ3) is 2.77. The Morgan fingerprint density at radius 1 is 1.45 bits per heavy atom. The summed E-state index contributed by atoms with van der Waals surface area (Å²) in [5.74, 6) is 0.150. The lowest BCUT2D eigenvalue weighted by atomic mass is 10.1. The standard InChI is InChI=1S/C8H16O3/c1-8(2)6-10-4-7(3-9)5-11-8/h7,9H,3-6H2,1-2H3. The summed E-state index contributed by atoms with van der Waals surface area (Å²) < 4.78 is 10.8. The van der Waals surface area contributed by atoms with Gasteiger partial charge in [0.2, 0.25) is 0 Å². The molecule has 66 valence electrons. The molecule has 0 aromatic carbocycles. The summed E-state index contributed by atoms with van der Waals surface area (Å²) in [6.07, 6.45) is 0. The van der Waals surface area contributed by atoms with Crippen LogP contribution >= 0.6 is 0 Å². The highest BCUT2D eigenvalue weighted by Crippen LogP contribution is 2.16. The topological polar surface area (TPSA) is 38.7 Å². The molecule has 1 saturated heterocycles. The Morgan fingerprint density at radius 3 is 2.82 bits per heavy atom. The molecule has 11 heavy (non-hydrogen) atoms. The van der Waals surface area contributed by atoms with Gasteiger partial charge in [0, 0.05) is 5.92 Å². The van der Waals surface area contributed by atoms with E-state index in [9.17, 15) is 0 Å². The first-order chi connectivity index (χ1) is 5.14. The van der Waals surface area contributed by atoms with E-state index in [4.69, 9.17) is 14.6 Å². The first kappa shape index (κ1) is 8.97. The van der Waals surface area contributed by atoms with Crippen LogP contribution < -0.4 is 0 Å². The van der Waals surface area contributed by atoms with Gasteiger partial charge in [-0.3, -0.25) is 0 Å². The molecule has 1 rings (SSSR count). The van der Waals surface area contributed by atoms with Gasteiger partial charge in [0.15, 0.2) is 0 Å². The van der Waals surface area contributed by atoms with Crippen molar-refractivity contribution >= 4 is 0 Å². The lowest BCUT2D eigenvalue weighted by molar-refractivity contribution is -0.0447. The smallest absolute Gasteiger partial charge is 0.0859 e. The minimum absolute atomic E-state index is 0.149. The first-order valence-electron chi connectivity index (χ1n) is 3.96. The van der Waals surface area contributed by atoms with Gasteiger partial charge in [-0.05, 0) is 13.8 Å². The quantitative estimate of drug-likeness (QED) is 0.604. The van der Waals surface area contributed by atoms with Crippen LogP contribution in [0.1, 0.15) is 13.8 Å². The highest BCUT2D eigenvalue weighted by molar-refractivity contribution is 4.72. The van der Waals surface area contributed by atoms with Crippen LogP contribution in [-0.4, -0.2) is 37.1 Å². The Kier molecular flexibility index (Phi) is 2.87. The molecule has 0 aromatic rings. The monoisotopic (exact) mass is 160 g/mol. The molecular weight excluding hydrogens is 144 g/mol. The molecular formula is C8H16O3. The third-order valence-corrected chi connectivity index (χ3v) is 1.77. The normalized spacial score (nSPS) is 31.4. The zero-order valence-corrected chi connectivity index (χ0v) is 7.17. The number of ether oxygens (including phenoxy) is 2. The predicted molar refractivity (Wildman–Crippen MR) is 41.4 cm³/mol. The molecule has 0 amide bonds. The van der Waals surface area contributed by atoms with Crippen molar-refractivity contribution in [1.29, 1.82) is 0 Å². The fraction of sp³-hybridized carbons (Fsp3) is 1.00. The molecule has 1 aliphatic rings. The number of rotatable bonds is 1. The highest BCUT2D eigenvalue weighted by Gasteiger charge is 2.24. The minimum atomic E-state index is -0.191. The summed E-state index contributed by atoms with van der Waals surface area (Å²) in [6, 6.07) is 0. The van der Waals surface area contributed by atoms with Crippen molar-refractivity contribution in [2.24, 2.45) is 5.92 Å². The Bertz CT molecular complexity index is 123. The zero-order valence-electron chi connectivity index (χ0n) is 7.17. The van der Waals surface area contributed by atoms with Crippen molar-refractivity contribution in [1.82, 2.24) is 0 Å². The number of hydrogen-bond acceptors (Lipinski definition) is 3. The van der Waals surface area contributed by atoms with Crippen LogP contribution in [-0.2, 0) is 9.47 Å². The van der Waals surface area contributed by atoms with Gasteiger partial charge in [0.05, 0.1) is 32.0 Å². The van der Waals surface area contributed by atoms with E-state index < -0.39 is 0 Å². The SMILES string of the molecule is CC1(C)COCC(CO)CO1. The number of hydrogen-bond donors (Lipinski definition) is 1. The molecule has 3 nitrogen and oxygen atoms in total. The van der Waals surface area contributed by atoms with Gasteiger partial charge in [-0.25, -0.2) is 0 Å². The fourth-order valence-electron chi connectivity index (χ4n) is 1.01. The van der Waals surface area contributed by atoms with E-state index in [1.807, 2.05) is 13.8 Å². The second kappa shape index (κ2) is 3.52. The van der Waals surface area contributed by atoms with E-state index in [1.54, 1.807) is 0 Å². The average molecular weight is 160 g/mol. The van der Waals surface area contributed by atoms with Crippen molar-refractivity contribution in [2.75, 3.05) is 26.4 Å². The van der Waals surface area contributed by atoms with Crippen LogP contribution in [0.25, 0.3) is 0 Å². The van der Waals surface area contributed by atoms with Crippen LogP contribution in [0.3, 0.4) is 0 Å². The molecule has 0 aromatic heterocycles. The van der Waals surface area contributed by atoms with Crippen LogP contribution in [0.5, 0.6) is 0 Å². The molecule has 0 saturated carbocycles. The minimum Gasteiger partial charge on any atom is -0.396 e.